The Kier molecular flexibility index (Phi) is 5.79. The van der Waals surface area contributed by atoms with Gasteiger partial charge in [-0.05, 0) is 31.0 Å². The largest absolute Gasteiger partial charge is 0.496 e. The van der Waals surface area contributed by atoms with E-state index in [2.05, 4.69) is 10.5 Å². The number of aliphatic hydroxyl groups is 1. The maximum atomic E-state index is 9.90. The van der Waals surface area contributed by atoms with Gasteiger partial charge in [-0.15, -0.1) is 0 Å². The van der Waals surface area contributed by atoms with Gasteiger partial charge < -0.3 is 26.1 Å². The van der Waals surface area contributed by atoms with E-state index in [1.54, 1.807) is 13.0 Å². The van der Waals surface area contributed by atoms with Crippen molar-refractivity contribution < 1.29 is 15.1 Å². The van der Waals surface area contributed by atoms with Crippen LogP contribution in [-0.2, 0) is 6.54 Å². The van der Waals surface area contributed by atoms with Crippen molar-refractivity contribution in [3.05, 3.63) is 29.3 Å². The smallest absolute Gasteiger partial charge is 0.173 e. The Morgan fingerprint density at radius 3 is 2.75 bits per heavy atom. The average Bonchev–Trinajstić information content (AvgIpc) is 2.46. The highest BCUT2D eigenvalue weighted by molar-refractivity contribution is 5.99. The number of oxime groups is 1. The molecule has 0 aromatic heterocycles. The summed E-state index contributed by atoms with van der Waals surface area (Å²) >= 11 is 0. The summed E-state index contributed by atoms with van der Waals surface area (Å²) in [4.78, 5) is 0. The van der Waals surface area contributed by atoms with E-state index in [0.717, 1.165) is 5.56 Å². The predicted octanol–water partition coefficient (Wildman–Crippen LogP) is 1.04. The Hall–Kier alpha value is -1.79. The van der Waals surface area contributed by atoms with E-state index >= 15 is 0 Å². The molecule has 0 aliphatic carbocycles. The molecule has 20 heavy (non-hydrogen) atoms. The van der Waals surface area contributed by atoms with Gasteiger partial charge in [-0.1, -0.05) is 18.1 Å². The second-order valence-corrected chi connectivity index (χ2v) is 4.97. The van der Waals surface area contributed by atoms with Crippen molar-refractivity contribution >= 4 is 5.84 Å². The Balaban J connectivity index is 2.74. The topological polar surface area (TPSA) is 100 Å². The fourth-order valence-corrected chi connectivity index (χ4v) is 1.71. The summed E-state index contributed by atoms with van der Waals surface area (Å²) in [6.45, 7) is 4.84. The first-order valence-electron chi connectivity index (χ1n) is 6.51. The number of hydrogen-bond acceptors (Lipinski definition) is 5. The van der Waals surface area contributed by atoms with Crippen molar-refractivity contribution in [1.29, 1.82) is 0 Å². The number of nitrogens with zero attached hydrogens (tertiary/aromatic N) is 1. The van der Waals surface area contributed by atoms with E-state index < -0.39 is 5.60 Å². The Bertz CT molecular complexity index is 473. The van der Waals surface area contributed by atoms with Crippen LogP contribution in [0.5, 0.6) is 5.75 Å². The third-order valence-corrected chi connectivity index (χ3v) is 3.25. The van der Waals surface area contributed by atoms with Crippen LogP contribution in [0, 0.1) is 0 Å². The van der Waals surface area contributed by atoms with Crippen LogP contribution in [0.15, 0.2) is 23.4 Å². The van der Waals surface area contributed by atoms with E-state index in [1.165, 1.54) is 7.11 Å². The average molecular weight is 281 g/mol. The van der Waals surface area contributed by atoms with E-state index in [4.69, 9.17) is 15.7 Å². The Morgan fingerprint density at radius 2 is 2.20 bits per heavy atom. The molecule has 6 nitrogen and oxygen atoms in total. The monoisotopic (exact) mass is 281 g/mol. The number of hydrogen-bond donors (Lipinski definition) is 4. The first-order chi connectivity index (χ1) is 9.43. The van der Waals surface area contributed by atoms with Crippen molar-refractivity contribution in [1.82, 2.24) is 5.32 Å². The highest BCUT2D eigenvalue weighted by atomic mass is 16.5. The molecule has 0 radical (unpaired) electrons. The standard InChI is InChI=1S/C14H23N3O3/c1-4-14(2,18)9-16-8-10-5-6-11(13(15)17-19)12(7-10)20-3/h5-7,16,18-19H,4,8-9H2,1-3H3,(H2,15,17). The summed E-state index contributed by atoms with van der Waals surface area (Å²) in [5, 5.41) is 24.8. The van der Waals surface area contributed by atoms with Gasteiger partial charge in [0.05, 0.1) is 18.3 Å². The van der Waals surface area contributed by atoms with E-state index in [-0.39, 0.29) is 5.84 Å². The minimum absolute atomic E-state index is 0.00951. The summed E-state index contributed by atoms with van der Waals surface area (Å²) < 4.78 is 5.23. The lowest BCUT2D eigenvalue weighted by Crippen LogP contribution is -2.36. The molecule has 0 aliphatic rings. The third-order valence-electron chi connectivity index (χ3n) is 3.25. The van der Waals surface area contributed by atoms with Crippen LogP contribution in [0.4, 0.5) is 0 Å². The van der Waals surface area contributed by atoms with Gasteiger partial charge in [0, 0.05) is 13.1 Å². The number of ether oxygens (including phenoxy) is 1. The summed E-state index contributed by atoms with van der Waals surface area (Å²) in [5.41, 5.74) is 6.39. The van der Waals surface area contributed by atoms with Gasteiger partial charge in [0.2, 0.25) is 0 Å². The molecule has 6 heteroatoms. The first kappa shape index (κ1) is 16.3. The van der Waals surface area contributed by atoms with Gasteiger partial charge in [-0.2, -0.15) is 0 Å². The molecule has 0 bridgehead atoms. The lowest BCUT2D eigenvalue weighted by molar-refractivity contribution is 0.0555. The van der Waals surface area contributed by atoms with Crippen molar-refractivity contribution in [2.45, 2.75) is 32.4 Å². The Morgan fingerprint density at radius 1 is 1.50 bits per heavy atom. The van der Waals surface area contributed by atoms with Gasteiger partial charge in [-0.3, -0.25) is 0 Å². The summed E-state index contributed by atoms with van der Waals surface area (Å²) in [7, 11) is 1.53. The van der Waals surface area contributed by atoms with E-state index in [9.17, 15) is 5.11 Å². The van der Waals surface area contributed by atoms with Crippen LogP contribution in [-0.4, -0.2) is 35.4 Å². The summed E-state index contributed by atoms with van der Waals surface area (Å²) in [6.07, 6.45) is 0.686. The number of rotatable bonds is 7. The van der Waals surface area contributed by atoms with Gasteiger partial charge in [0.25, 0.3) is 0 Å². The number of nitrogens with two attached hydrogens (primary N) is 1. The molecular formula is C14H23N3O3. The molecule has 0 amide bonds. The van der Waals surface area contributed by atoms with E-state index in [1.807, 2.05) is 19.1 Å². The molecular weight excluding hydrogens is 258 g/mol. The number of methoxy groups -OCH3 is 1. The molecule has 0 spiro atoms. The second-order valence-electron chi connectivity index (χ2n) is 4.97. The molecule has 0 fully saturated rings. The van der Waals surface area contributed by atoms with Crippen LogP contribution in [0.3, 0.4) is 0 Å². The molecule has 1 rings (SSSR count). The third kappa shape index (κ3) is 4.40. The lowest BCUT2D eigenvalue weighted by Gasteiger charge is -2.21. The fraction of sp³-hybridized carbons (Fsp3) is 0.500. The molecule has 0 aliphatic heterocycles. The highest BCUT2D eigenvalue weighted by Gasteiger charge is 2.16. The summed E-state index contributed by atoms with van der Waals surface area (Å²) in [6, 6.07) is 5.42. The molecule has 0 heterocycles. The van der Waals surface area contributed by atoms with Crippen molar-refractivity contribution in [2.75, 3.05) is 13.7 Å². The van der Waals surface area contributed by atoms with Gasteiger partial charge in [0.15, 0.2) is 5.84 Å². The molecule has 1 atom stereocenters. The number of benzene rings is 1. The van der Waals surface area contributed by atoms with Crippen LogP contribution < -0.4 is 15.8 Å². The van der Waals surface area contributed by atoms with Crippen LogP contribution in [0.25, 0.3) is 0 Å². The van der Waals surface area contributed by atoms with E-state index in [0.29, 0.717) is 30.8 Å². The molecule has 112 valence electrons. The molecule has 0 saturated carbocycles. The zero-order valence-corrected chi connectivity index (χ0v) is 12.2. The van der Waals surface area contributed by atoms with Crippen LogP contribution >= 0.6 is 0 Å². The summed E-state index contributed by atoms with van der Waals surface area (Å²) in [5.74, 6) is 0.553. The molecule has 1 aromatic rings. The lowest BCUT2D eigenvalue weighted by atomic mass is 10.0. The quantitative estimate of drug-likeness (QED) is 0.259. The van der Waals surface area contributed by atoms with Crippen molar-refractivity contribution in [3.8, 4) is 5.75 Å². The zero-order valence-electron chi connectivity index (χ0n) is 12.2. The molecule has 1 aromatic carbocycles. The second kappa shape index (κ2) is 7.12. The zero-order chi connectivity index (χ0) is 15.2. The van der Waals surface area contributed by atoms with Crippen LogP contribution in [0.1, 0.15) is 31.4 Å². The maximum Gasteiger partial charge on any atom is 0.173 e. The SMILES string of the molecule is CCC(C)(O)CNCc1ccc(/C(N)=N/O)c(OC)c1. The minimum Gasteiger partial charge on any atom is -0.496 e. The Labute approximate surface area is 119 Å². The van der Waals surface area contributed by atoms with Crippen molar-refractivity contribution in [3.63, 3.8) is 0 Å². The minimum atomic E-state index is -0.710. The maximum absolute atomic E-state index is 9.90. The molecule has 5 N–H and O–H groups in total. The van der Waals surface area contributed by atoms with Gasteiger partial charge >= 0.3 is 0 Å². The fourth-order valence-electron chi connectivity index (χ4n) is 1.71. The highest BCUT2D eigenvalue weighted by Crippen LogP contribution is 2.20. The number of nitrogens with one attached hydrogen (secondary N) is 1. The first-order valence-corrected chi connectivity index (χ1v) is 6.51. The van der Waals surface area contributed by atoms with Crippen molar-refractivity contribution in [2.24, 2.45) is 10.9 Å². The van der Waals surface area contributed by atoms with Gasteiger partial charge in [0.1, 0.15) is 5.75 Å². The normalized spacial score (nSPS) is 14.9. The van der Waals surface area contributed by atoms with Crippen LogP contribution in [0.2, 0.25) is 0 Å². The predicted molar refractivity (Wildman–Crippen MR) is 78.1 cm³/mol. The number of amidine groups is 1. The van der Waals surface area contributed by atoms with Gasteiger partial charge in [-0.25, -0.2) is 0 Å². The molecule has 0 saturated heterocycles. The molecule has 1 unspecified atom stereocenters.